The highest BCUT2D eigenvalue weighted by Gasteiger charge is 2.26. The number of thiazole rings is 2. The van der Waals surface area contributed by atoms with Crippen LogP contribution < -0.4 is 19.0 Å². The van der Waals surface area contributed by atoms with Gasteiger partial charge in [0.15, 0.2) is 10.3 Å². The van der Waals surface area contributed by atoms with Crippen LogP contribution in [-0.4, -0.2) is 48.6 Å². The third kappa shape index (κ3) is 12.0. The molecule has 4 aromatic heterocycles. The van der Waals surface area contributed by atoms with Crippen LogP contribution in [0, 0.1) is 0 Å². The van der Waals surface area contributed by atoms with E-state index in [2.05, 4.69) is 30.6 Å². The molecule has 64 heavy (non-hydrogen) atoms. The molecule has 8 rings (SSSR count). The summed E-state index contributed by atoms with van der Waals surface area (Å²) >= 11 is 26.4. The van der Waals surface area contributed by atoms with Crippen LogP contribution in [0.5, 0.6) is 11.5 Å². The van der Waals surface area contributed by atoms with E-state index in [0.717, 1.165) is 11.1 Å². The maximum Gasteiger partial charge on any atom is 0.342 e. The molecule has 0 unspecified atom stereocenters. The van der Waals surface area contributed by atoms with Gasteiger partial charge in [-0.15, -0.1) is 0 Å². The number of hydrogen-bond acceptors (Lipinski definition) is 14. The quantitative estimate of drug-likeness (QED) is 0.0980. The van der Waals surface area contributed by atoms with Crippen molar-refractivity contribution in [3.8, 4) is 11.5 Å². The lowest BCUT2D eigenvalue weighted by Crippen LogP contribution is -2.12. The van der Waals surface area contributed by atoms with E-state index in [1.807, 2.05) is 24.3 Å². The van der Waals surface area contributed by atoms with Crippen LogP contribution in [0.25, 0.3) is 20.4 Å². The molecule has 4 aromatic carbocycles. The number of carbonyl (C=O) groups is 2. The Kier molecular flexibility index (Phi) is 15.0. The lowest BCUT2D eigenvalue weighted by molar-refractivity contribution is -0.117. The molecule has 2 N–H and O–H groups in total. The fourth-order valence-electron chi connectivity index (χ4n) is 5.77. The van der Waals surface area contributed by atoms with Gasteiger partial charge in [-0.1, -0.05) is 93.3 Å². The molecular weight excluding hydrogens is 987 g/mol. The average Bonchev–Trinajstić information content (AvgIpc) is 3.84. The largest absolute Gasteiger partial charge is 0.379 e. The molecule has 8 aromatic rings. The zero-order chi connectivity index (χ0) is 45.4. The zero-order valence-electron chi connectivity index (χ0n) is 32.6. The molecule has 0 bridgehead atoms. The van der Waals surface area contributed by atoms with Crippen molar-refractivity contribution in [3.63, 3.8) is 0 Å². The molecule has 0 aliphatic carbocycles. The minimum atomic E-state index is -4.24. The first-order chi connectivity index (χ1) is 30.6. The van der Waals surface area contributed by atoms with Crippen LogP contribution in [0.15, 0.2) is 132 Å². The minimum absolute atomic E-state index is 0.0346. The Balaban J connectivity index is 0.000000191. The molecule has 0 saturated carbocycles. The van der Waals surface area contributed by atoms with Gasteiger partial charge in [-0.2, -0.15) is 16.8 Å². The van der Waals surface area contributed by atoms with Gasteiger partial charge in [-0.3, -0.25) is 19.6 Å². The van der Waals surface area contributed by atoms with E-state index in [1.165, 1.54) is 71.2 Å². The lowest BCUT2D eigenvalue weighted by atomic mass is 10.1. The second-order valence-corrected chi connectivity index (χ2v) is 19.9. The van der Waals surface area contributed by atoms with Crippen molar-refractivity contribution in [2.75, 3.05) is 10.6 Å². The molecule has 0 saturated heterocycles. The van der Waals surface area contributed by atoms with Crippen LogP contribution >= 0.6 is 69.1 Å². The number of rotatable bonds is 14. The number of nitrogens with zero attached hydrogens (tertiary/aromatic N) is 4. The molecule has 0 atom stereocenters. The summed E-state index contributed by atoms with van der Waals surface area (Å²) in [5.41, 5.74) is 3.12. The summed E-state index contributed by atoms with van der Waals surface area (Å²) in [5.74, 6) is -0.209. The zero-order valence-corrected chi connectivity index (χ0v) is 38.9. The number of aromatic nitrogens is 4. The number of halogens is 4. The Morgan fingerprint density at radius 3 is 1.30 bits per heavy atom. The number of nitrogens with one attached hydrogen (secondary N) is 2. The number of hydrogen-bond donors (Lipinski definition) is 2. The lowest BCUT2D eigenvalue weighted by Gasteiger charge is -2.09. The van der Waals surface area contributed by atoms with Gasteiger partial charge in [0.1, 0.15) is 21.3 Å². The van der Waals surface area contributed by atoms with Crippen molar-refractivity contribution < 1.29 is 34.8 Å². The van der Waals surface area contributed by atoms with Gasteiger partial charge >= 0.3 is 20.2 Å². The Morgan fingerprint density at radius 1 is 0.547 bits per heavy atom. The molecule has 328 valence electrons. The fraction of sp³-hybridized carbons (Fsp3) is 0.0952. The van der Waals surface area contributed by atoms with Crippen LogP contribution in [0.3, 0.4) is 0 Å². The Morgan fingerprint density at radius 2 is 0.938 bits per heavy atom. The molecule has 0 aliphatic heterocycles. The Labute approximate surface area is 394 Å². The van der Waals surface area contributed by atoms with Crippen molar-refractivity contribution in [1.29, 1.82) is 0 Å². The first-order valence-electron chi connectivity index (χ1n) is 18.6. The van der Waals surface area contributed by atoms with Crippen molar-refractivity contribution in [3.05, 3.63) is 153 Å². The van der Waals surface area contributed by atoms with E-state index in [9.17, 15) is 26.4 Å². The summed E-state index contributed by atoms with van der Waals surface area (Å²) in [5, 5.41) is 6.21. The van der Waals surface area contributed by atoms with Gasteiger partial charge in [-0.25, -0.2) is 9.97 Å². The van der Waals surface area contributed by atoms with Crippen molar-refractivity contribution in [2.24, 2.45) is 0 Å². The van der Waals surface area contributed by atoms with Crippen LogP contribution in [0.1, 0.15) is 24.0 Å². The third-order valence-corrected chi connectivity index (χ3v) is 15.0. The van der Waals surface area contributed by atoms with Gasteiger partial charge in [-0.05, 0) is 84.6 Å². The molecule has 0 fully saturated rings. The predicted octanol–water partition coefficient (Wildman–Crippen LogP) is 10.7. The number of benzene rings is 4. The second kappa shape index (κ2) is 20.6. The van der Waals surface area contributed by atoms with Gasteiger partial charge in [0.25, 0.3) is 0 Å². The molecule has 2 amide bonds. The highest BCUT2D eigenvalue weighted by atomic mass is 35.5. The van der Waals surface area contributed by atoms with E-state index < -0.39 is 20.2 Å². The molecule has 0 spiro atoms. The standard InChI is InChI=1S/2C21H15Cl2N3O4S2/c2*22-15-4-1-5-16(23)20(15)32(28,29)30-14-7-8-17-18(11-14)31-21(25-17)26-19(27)9-6-13-3-2-10-24-12-13/h2*1-5,7-8,10-12H,6,9H2,(H,25,26,27). The van der Waals surface area contributed by atoms with E-state index in [-0.39, 0.29) is 66.0 Å². The second-order valence-electron chi connectivity index (χ2n) is 13.3. The summed E-state index contributed by atoms with van der Waals surface area (Å²) in [4.78, 5) is 40.7. The topological polar surface area (TPSA) is 196 Å². The van der Waals surface area contributed by atoms with Gasteiger partial charge in [0.05, 0.1) is 40.5 Å². The maximum atomic E-state index is 12.7. The molecule has 22 heteroatoms. The highest BCUT2D eigenvalue weighted by Crippen LogP contribution is 2.36. The maximum absolute atomic E-state index is 12.7. The number of fused-ring (bicyclic) bond motifs is 2. The number of carbonyl (C=O) groups excluding carboxylic acids is 2. The Hall–Kier alpha value is -5.44. The fourth-order valence-corrected chi connectivity index (χ4v) is 11.6. The molecule has 14 nitrogen and oxygen atoms in total. The number of aryl methyl sites for hydroxylation is 2. The third-order valence-electron chi connectivity index (χ3n) is 8.69. The normalized spacial score (nSPS) is 11.4. The first kappa shape index (κ1) is 46.5. The SMILES string of the molecule is O=C(CCc1cccnc1)Nc1nc2ccc(OS(=O)(=O)c3c(Cl)cccc3Cl)cc2s1.O=C(CCc1cccnc1)Nc1nc2ccc(OS(=O)(=O)c3c(Cl)cccc3Cl)cc2s1. The highest BCUT2D eigenvalue weighted by molar-refractivity contribution is 7.87. The summed E-state index contributed by atoms with van der Waals surface area (Å²) in [6.07, 6.45) is 8.48. The average molecular weight is 1020 g/mol. The summed E-state index contributed by atoms with van der Waals surface area (Å²) in [6, 6.07) is 25.4. The number of amides is 2. The van der Waals surface area contributed by atoms with E-state index in [4.69, 9.17) is 54.8 Å². The summed E-state index contributed by atoms with van der Waals surface area (Å²) in [7, 11) is -8.49. The number of pyridine rings is 2. The van der Waals surface area contributed by atoms with Crippen molar-refractivity contribution in [2.45, 2.75) is 35.5 Å². The van der Waals surface area contributed by atoms with Gasteiger partial charge in [0, 0.05) is 49.8 Å². The Bertz CT molecular complexity index is 2960. The summed E-state index contributed by atoms with van der Waals surface area (Å²) < 4.78 is 62.4. The van der Waals surface area contributed by atoms with Crippen LogP contribution in [0.4, 0.5) is 10.3 Å². The first-order valence-corrected chi connectivity index (χ1v) is 24.6. The van der Waals surface area contributed by atoms with Crippen molar-refractivity contribution in [1.82, 2.24) is 19.9 Å². The number of anilines is 2. The smallest absolute Gasteiger partial charge is 0.342 e. The molecule has 0 aliphatic rings. The molecule has 4 heterocycles. The monoisotopic (exact) mass is 1010 g/mol. The van der Waals surface area contributed by atoms with Gasteiger partial charge in [0.2, 0.25) is 11.8 Å². The van der Waals surface area contributed by atoms with Crippen LogP contribution in [0.2, 0.25) is 20.1 Å². The summed E-state index contributed by atoms with van der Waals surface area (Å²) in [6.45, 7) is 0. The van der Waals surface area contributed by atoms with Crippen molar-refractivity contribution >= 4 is 132 Å². The van der Waals surface area contributed by atoms with E-state index >= 15 is 0 Å². The molecular formula is C42H30Cl4N6O8S4. The van der Waals surface area contributed by atoms with E-state index in [0.29, 0.717) is 43.5 Å². The van der Waals surface area contributed by atoms with E-state index in [1.54, 1.807) is 49.1 Å². The predicted molar refractivity (Wildman–Crippen MR) is 250 cm³/mol. The van der Waals surface area contributed by atoms with Gasteiger partial charge < -0.3 is 19.0 Å². The van der Waals surface area contributed by atoms with Crippen LogP contribution in [-0.2, 0) is 42.7 Å². The molecule has 0 radical (unpaired) electrons. The minimum Gasteiger partial charge on any atom is -0.379 e.